The van der Waals surface area contributed by atoms with Crippen molar-refractivity contribution in [2.24, 2.45) is 11.7 Å². The van der Waals surface area contributed by atoms with Crippen LogP contribution in [0.5, 0.6) is 0 Å². The predicted molar refractivity (Wildman–Crippen MR) is 69.1 cm³/mol. The zero-order valence-corrected chi connectivity index (χ0v) is 11.0. The second-order valence-corrected chi connectivity index (χ2v) is 5.21. The molecule has 1 aromatic rings. The molecule has 1 aliphatic heterocycles. The number of nitrogens with two attached hydrogens (primary N) is 1. The van der Waals surface area contributed by atoms with Crippen LogP contribution < -0.4 is 10.6 Å². The van der Waals surface area contributed by atoms with Gasteiger partial charge in [0.2, 0.25) is 5.95 Å². The lowest BCUT2D eigenvalue weighted by Crippen LogP contribution is -2.48. The number of aromatic nitrogens is 3. The molecule has 1 aliphatic rings. The van der Waals surface area contributed by atoms with Gasteiger partial charge in [0, 0.05) is 25.0 Å². The highest BCUT2D eigenvalue weighted by Crippen LogP contribution is 2.21. The lowest BCUT2D eigenvalue weighted by molar-refractivity contribution is 0.376. The summed E-state index contributed by atoms with van der Waals surface area (Å²) in [5.74, 6) is 2.82. The van der Waals surface area contributed by atoms with E-state index < -0.39 is 0 Å². The van der Waals surface area contributed by atoms with Crippen LogP contribution in [0.25, 0.3) is 0 Å². The predicted octanol–water partition coefficient (Wildman–Crippen LogP) is 1.49. The molecule has 0 saturated carbocycles. The minimum atomic E-state index is 0.231. The third-order valence-corrected chi connectivity index (χ3v) is 3.87. The summed E-state index contributed by atoms with van der Waals surface area (Å²) in [5, 5.41) is 7.34. The van der Waals surface area contributed by atoms with Crippen LogP contribution in [0.3, 0.4) is 0 Å². The van der Waals surface area contributed by atoms with E-state index in [2.05, 4.69) is 40.9 Å². The maximum atomic E-state index is 6.09. The highest BCUT2D eigenvalue weighted by molar-refractivity contribution is 5.30. The highest BCUT2D eigenvalue weighted by atomic mass is 15.4. The molecule has 1 saturated heterocycles. The van der Waals surface area contributed by atoms with Crippen LogP contribution in [0.4, 0.5) is 5.95 Å². The summed E-state index contributed by atoms with van der Waals surface area (Å²) in [4.78, 5) is 6.76. The van der Waals surface area contributed by atoms with Gasteiger partial charge in [0.15, 0.2) is 0 Å². The second-order valence-electron chi connectivity index (χ2n) is 5.21. The fourth-order valence-electron chi connectivity index (χ4n) is 2.10. The number of H-pyrrole nitrogens is 1. The van der Waals surface area contributed by atoms with Crippen LogP contribution in [0.2, 0.25) is 0 Å². The van der Waals surface area contributed by atoms with E-state index in [9.17, 15) is 0 Å². The summed E-state index contributed by atoms with van der Waals surface area (Å²) in [6, 6.07) is 0.231. The van der Waals surface area contributed by atoms with Crippen molar-refractivity contribution in [3.05, 3.63) is 5.82 Å². The van der Waals surface area contributed by atoms with Crippen LogP contribution in [0, 0.1) is 5.92 Å². The monoisotopic (exact) mass is 237 g/mol. The Labute approximate surface area is 103 Å². The van der Waals surface area contributed by atoms with E-state index in [1.165, 1.54) is 0 Å². The molecule has 1 fully saturated rings. The van der Waals surface area contributed by atoms with Gasteiger partial charge in [-0.15, -0.1) is 5.10 Å². The molecule has 0 radical (unpaired) electrons. The molecule has 0 aromatic carbocycles. The van der Waals surface area contributed by atoms with Crippen molar-refractivity contribution in [2.45, 2.75) is 45.6 Å². The molecule has 3 N–H and O–H groups in total. The standard InChI is InChI=1S/C12H23N5/c1-4-8(2)11-14-12(16-15-11)17-6-5-9(3)10(13)7-17/h8-10H,4-7,13H2,1-3H3,(H,14,15,16). The van der Waals surface area contributed by atoms with Gasteiger partial charge in [-0.05, 0) is 18.8 Å². The smallest absolute Gasteiger partial charge is 0.244 e. The topological polar surface area (TPSA) is 70.8 Å². The molecule has 5 nitrogen and oxygen atoms in total. The summed E-state index contributed by atoms with van der Waals surface area (Å²) in [5.41, 5.74) is 6.09. The quantitative estimate of drug-likeness (QED) is 0.835. The maximum Gasteiger partial charge on any atom is 0.244 e. The van der Waals surface area contributed by atoms with E-state index in [0.717, 1.165) is 37.7 Å². The molecule has 0 aliphatic carbocycles. The van der Waals surface area contributed by atoms with Crippen molar-refractivity contribution in [2.75, 3.05) is 18.0 Å². The Balaban J connectivity index is 2.05. The molecule has 3 unspecified atom stereocenters. The molecular formula is C12H23N5. The maximum absolute atomic E-state index is 6.09. The average Bonchev–Trinajstić information content (AvgIpc) is 2.81. The number of piperidine rings is 1. The number of aromatic amines is 1. The van der Waals surface area contributed by atoms with Gasteiger partial charge in [-0.1, -0.05) is 20.8 Å². The first-order valence-electron chi connectivity index (χ1n) is 6.54. The Bertz CT molecular complexity index is 362. The van der Waals surface area contributed by atoms with Gasteiger partial charge < -0.3 is 10.6 Å². The molecule has 0 spiro atoms. The zero-order valence-electron chi connectivity index (χ0n) is 11.0. The molecule has 96 valence electrons. The minimum absolute atomic E-state index is 0.231. The van der Waals surface area contributed by atoms with Gasteiger partial charge in [0.25, 0.3) is 0 Å². The Kier molecular flexibility index (Phi) is 3.66. The van der Waals surface area contributed by atoms with Crippen molar-refractivity contribution >= 4 is 5.95 Å². The van der Waals surface area contributed by atoms with E-state index in [0.29, 0.717) is 11.8 Å². The lowest BCUT2D eigenvalue weighted by atomic mass is 9.95. The van der Waals surface area contributed by atoms with E-state index in [1.807, 2.05) is 0 Å². The summed E-state index contributed by atoms with van der Waals surface area (Å²) >= 11 is 0. The number of hydrogen-bond acceptors (Lipinski definition) is 4. The normalized spacial score (nSPS) is 27.2. The van der Waals surface area contributed by atoms with Gasteiger partial charge in [-0.25, -0.2) is 0 Å². The van der Waals surface area contributed by atoms with Crippen molar-refractivity contribution in [3.63, 3.8) is 0 Å². The molecular weight excluding hydrogens is 214 g/mol. The number of nitrogens with zero attached hydrogens (tertiary/aromatic N) is 3. The Morgan fingerprint density at radius 2 is 2.35 bits per heavy atom. The second kappa shape index (κ2) is 5.04. The van der Waals surface area contributed by atoms with Crippen LogP contribution in [-0.4, -0.2) is 34.3 Å². The molecule has 3 atom stereocenters. The van der Waals surface area contributed by atoms with Crippen LogP contribution in [0.1, 0.15) is 45.4 Å². The van der Waals surface area contributed by atoms with Gasteiger partial charge in [-0.2, -0.15) is 4.98 Å². The minimum Gasteiger partial charge on any atom is -0.338 e. The highest BCUT2D eigenvalue weighted by Gasteiger charge is 2.25. The fourth-order valence-corrected chi connectivity index (χ4v) is 2.10. The van der Waals surface area contributed by atoms with Crippen LogP contribution >= 0.6 is 0 Å². The van der Waals surface area contributed by atoms with Gasteiger partial charge in [-0.3, -0.25) is 5.10 Å². The van der Waals surface area contributed by atoms with Crippen molar-refractivity contribution in [3.8, 4) is 0 Å². The molecule has 2 heterocycles. The van der Waals surface area contributed by atoms with Gasteiger partial charge >= 0.3 is 0 Å². The van der Waals surface area contributed by atoms with Crippen molar-refractivity contribution in [1.82, 2.24) is 15.2 Å². The zero-order chi connectivity index (χ0) is 12.4. The van der Waals surface area contributed by atoms with E-state index in [4.69, 9.17) is 5.73 Å². The van der Waals surface area contributed by atoms with E-state index in [-0.39, 0.29) is 6.04 Å². The first kappa shape index (κ1) is 12.4. The van der Waals surface area contributed by atoms with Crippen molar-refractivity contribution in [1.29, 1.82) is 0 Å². The number of rotatable bonds is 3. The van der Waals surface area contributed by atoms with Crippen LogP contribution in [0.15, 0.2) is 0 Å². The van der Waals surface area contributed by atoms with E-state index in [1.54, 1.807) is 0 Å². The molecule has 1 aromatic heterocycles. The van der Waals surface area contributed by atoms with Crippen molar-refractivity contribution < 1.29 is 0 Å². The molecule has 17 heavy (non-hydrogen) atoms. The summed E-state index contributed by atoms with van der Waals surface area (Å²) < 4.78 is 0. The molecule has 0 bridgehead atoms. The Morgan fingerprint density at radius 1 is 1.59 bits per heavy atom. The SMILES string of the molecule is CCC(C)c1nc(N2CCC(C)C(N)C2)n[nH]1. The molecule has 2 rings (SSSR count). The van der Waals surface area contributed by atoms with Gasteiger partial charge in [0.05, 0.1) is 0 Å². The molecule has 0 amide bonds. The summed E-state index contributed by atoms with van der Waals surface area (Å²) in [6.07, 6.45) is 2.19. The fraction of sp³-hybridized carbons (Fsp3) is 0.833. The lowest BCUT2D eigenvalue weighted by Gasteiger charge is -2.34. The largest absolute Gasteiger partial charge is 0.338 e. The first-order valence-corrected chi connectivity index (χ1v) is 6.54. The number of hydrogen-bond donors (Lipinski definition) is 2. The summed E-state index contributed by atoms with van der Waals surface area (Å²) in [7, 11) is 0. The third kappa shape index (κ3) is 2.60. The third-order valence-electron chi connectivity index (χ3n) is 3.87. The first-order chi connectivity index (χ1) is 8.11. The van der Waals surface area contributed by atoms with Gasteiger partial charge in [0.1, 0.15) is 5.82 Å². The Morgan fingerprint density at radius 3 is 3.00 bits per heavy atom. The Hall–Kier alpha value is -1.10. The van der Waals surface area contributed by atoms with Crippen LogP contribution in [-0.2, 0) is 0 Å². The number of nitrogens with one attached hydrogen (secondary N) is 1. The summed E-state index contributed by atoms with van der Waals surface area (Å²) in [6.45, 7) is 8.40. The number of anilines is 1. The molecule has 5 heteroatoms. The average molecular weight is 237 g/mol. The van der Waals surface area contributed by atoms with E-state index >= 15 is 0 Å².